The number of carbonyl (C=O) groups excluding carboxylic acids is 2. The Bertz CT molecular complexity index is 1220. The normalized spacial score (nSPS) is 13.6. The number of nitrogens with zero attached hydrogens (tertiary/aromatic N) is 4. The summed E-state index contributed by atoms with van der Waals surface area (Å²) in [6, 6.07) is 11.0. The highest BCUT2D eigenvalue weighted by Crippen LogP contribution is 2.15. The fourth-order valence-electron chi connectivity index (χ4n) is 3.81. The molecule has 1 aromatic carbocycles. The van der Waals surface area contributed by atoms with Crippen molar-refractivity contribution in [2.45, 2.75) is 20.3 Å². The Kier molecular flexibility index (Phi) is 6.48. The summed E-state index contributed by atoms with van der Waals surface area (Å²) in [5, 5.41) is 2.90. The molecule has 170 valence electrons. The van der Waals surface area contributed by atoms with Crippen LogP contribution in [-0.4, -0.2) is 62.9 Å². The highest BCUT2D eigenvalue weighted by Gasteiger charge is 2.25. The van der Waals surface area contributed by atoms with Gasteiger partial charge < -0.3 is 20.1 Å². The van der Waals surface area contributed by atoms with Crippen molar-refractivity contribution >= 4 is 17.6 Å². The minimum Gasteiger partial charge on any atom is -0.339 e. The van der Waals surface area contributed by atoms with E-state index in [9.17, 15) is 14.4 Å². The first kappa shape index (κ1) is 22.2. The second-order valence-electron chi connectivity index (χ2n) is 8.06. The third-order valence-electron chi connectivity index (χ3n) is 5.67. The Morgan fingerprint density at radius 1 is 1.06 bits per heavy atom. The van der Waals surface area contributed by atoms with Crippen LogP contribution in [0.5, 0.6) is 0 Å². The van der Waals surface area contributed by atoms with Crippen molar-refractivity contribution in [3.8, 4) is 11.4 Å². The number of hydrogen-bond donors (Lipinski definition) is 2. The van der Waals surface area contributed by atoms with Crippen LogP contribution in [0, 0.1) is 13.8 Å². The van der Waals surface area contributed by atoms with E-state index in [4.69, 9.17) is 0 Å². The average molecular weight is 447 g/mol. The van der Waals surface area contributed by atoms with Crippen LogP contribution < -0.4 is 10.9 Å². The standard InChI is InChI=1S/C24H26N6O3/c1-16-5-3-7-19(13-16)27-24(33)30-11-9-29(10-12-30)21(31)14-20-17(2)26-22(28-23(20)32)18-6-4-8-25-15-18/h3-8,13,15H,9-12,14H2,1-2H3,(H,27,33)(H,26,28,32). The van der Waals surface area contributed by atoms with Gasteiger partial charge in [0.2, 0.25) is 5.91 Å². The molecule has 1 fully saturated rings. The smallest absolute Gasteiger partial charge is 0.321 e. The van der Waals surface area contributed by atoms with Crippen molar-refractivity contribution < 1.29 is 9.59 Å². The van der Waals surface area contributed by atoms with Gasteiger partial charge in [0.25, 0.3) is 5.56 Å². The van der Waals surface area contributed by atoms with Crippen molar-refractivity contribution in [2.24, 2.45) is 0 Å². The van der Waals surface area contributed by atoms with E-state index in [1.54, 1.807) is 35.2 Å². The predicted molar refractivity (Wildman–Crippen MR) is 125 cm³/mol. The molecule has 0 saturated carbocycles. The lowest BCUT2D eigenvalue weighted by molar-refractivity contribution is -0.131. The van der Waals surface area contributed by atoms with Crippen molar-refractivity contribution in [1.82, 2.24) is 24.8 Å². The summed E-state index contributed by atoms with van der Waals surface area (Å²) < 4.78 is 0. The molecule has 0 bridgehead atoms. The number of aromatic nitrogens is 3. The Hall–Kier alpha value is -4.01. The summed E-state index contributed by atoms with van der Waals surface area (Å²) >= 11 is 0. The monoisotopic (exact) mass is 446 g/mol. The number of benzene rings is 1. The maximum absolute atomic E-state index is 12.8. The molecule has 0 spiro atoms. The molecular weight excluding hydrogens is 420 g/mol. The number of carbonyl (C=O) groups is 2. The summed E-state index contributed by atoms with van der Waals surface area (Å²) in [6.45, 7) is 5.38. The summed E-state index contributed by atoms with van der Waals surface area (Å²) in [7, 11) is 0. The predicted octanol–water partition coefficient (Wildman–Crippen LogP) is 2.37. The first-order valence-electron chi connectivity index (χ1n) is 10.8. The molecule has 2 N–H and O–H groups in total. The SMILES string of the molecule is Cc1cccc(NC(=O)N2CCN(C(=O)Cc3c(C)nc(-c4cccnc4)[nH]c3=O)CC2)c1. The third kappa shape index (κ3) is 5.25. The fourth-order valence-corrected chi connectivity index (χ4v) is 3.81. The Balaban J connectivity index is 1.35. The Morgan fingerprint density at radius 3 is 2.48 bits per heavy atom. The van der Waals surface area contributed by atoms with Gasteiger partial charge in [-0.1, -0.05) is 12.1 Å². The number of pyridine rings is 1. The first-order chi connectivity index (χ1) is 15.9. The highest BCUT2D eigenvalue weighted by molar-refractivity contribution is 5.89. The van der Waals surface area contributed by atoms with E-state index in [-0.39, 0.29) is 23.9 Å². The fraction of sp³-hybridized carbons (Fsp3) is 0.292. The largest absolute Gasteiger partial charge is 0.339 e. The van der Waals surface area contributed by atoms with Gasteiger partial charge in [-0.3, -0.25) is 14.6 Å². The number of amides is 3. The van der Waals surface area contributed by atoms with Crippen LogP contribution in [0.2, 0.25) is 0 Å². The molecule has 9 heteroatoms. The van der Waals surface area contributed by atoms with E-state index < -0.39 is 0 Å². The highest BCUT2D eigenvalue weighted by atomic mass is 16.2. The van der Waals surface area contributed by atoms with E-state index >= 15 is 0 Å². The zero-order valence-electron chi connectivity index (χ0n) is 18.7. The molecule has 3 heterocycles. The number of urea groups is 1. The van der Waals surface area contributed by atoms with Gasteiger partial charge in [0.15, 0.2) is 0 Å². The van der Waals surface area contributed by atoms with Gasteiger partial charge in [0, 0.05) is 61.1 Å². The zero-order valence-corrected chi connectivity index (χ0v) is 18.7. The zero-order chi connectivity index (χ0) is 23.4. The van der Waals surface area contributed by atoms with Crippen molar-refractivity contribution in [3.05, 3.63) is 76.0 Å². The number of anilines is 1. The molecule has 9 nitrogen and oxygen atoms in total. The van der Waals surface area contributed by atoms with E-state index in [2.05, 4.69) is 20.3 Å². The lowest BCUT2D eigenvalue weighted by Gasteiger charge is -2.34. The van der Waals surface area contributed by atoms with Gasteiger partial charge in [-0.15, -0.1) is 0 Å². The molecule has 1 aliphatic heterocycles. The first-order valence-corrected chi connectivity index (χ1v) is 10.8. The van der Waals surface area contributed by atoms with Gasteiger partial charge >= 0.3 is 6.03 Å². The molecule has 0 unspecified atom stereocenters. The second-order valence-corrected chi connectivity index (χ2v) is 8.06. The lowest BCUT2D eigenvalue weighted by atomic mass is 10.1. The minimum absolute atomic E-state index is 0.0308. The van der Waals surface area contributed by atoms with E-state index in [0.717, 1.165) is 11.3 Å². The number of H-pyrrole nitrogens is 1. The summed E-state index contributed by atoms with van der Waals surface area (Å²) in [5.41, 5.74) is 3.06. The maximum Gasteiger partial charge on any atom is 0.321 e. The van der Waals surface area contributed by atoms with Crippen molar-refractivity contribution in [1.29, 1.82) is 0 Å². The summed E-state index contributed by atoms with van der Waals surface area (Å²) in [6.07, 6.45) is 3.24. The molecule has 2 aromatic heterocycles. The van der Waals surface area contributed by atoms with Gasteiger partial charge in [-0.05, 0) is 43.7 Å². The van der Waals surface area contributed by atoms with Crippen LogP contribution in [0.3, 0.4) is 0 Å². The molecule has 1 saturated heterocycles. The topological polar surface area (TPSA) is 111 Å². The van der Waals surface area contributed by atoms with Crippen LogP contribution in [0.1, 0.15) is 16.8 Å². The lowest BCUT2D eigenvalue weighted by Crippen LogP contribution is -2.52. The van der Waals surface area contributed by atoms with Gasteiger partial charge in [0.1, 0.15) is 5.82 Å². The number of nitrogens with one attached hydrogen (secondary N) is 2. The second kappa shape index (κ2) is 9.64. The maximum atomic E-state index is 12.8. The molecule has 1 aliphatic rings. The third-order valence-corrected chi connectivity index (χ3v) is 5.67. The minimum atomic E-state index is -0.328. The number of piperazine rings is 1. The van der Waals surface area contributed by atoms with Gasteiger partial charge in [0.05, 0.1) is 6.42 Å². The van der Waals surface area contributed by atoms with Crippen molar-refractivity contribution in [2.75, 3.05) is 31.5 Å². The van der Waals surface area contributed by atoms with E-state index in [1.165, 1.54) is 0 Å². The number of hydrogen-bond acceptors (Lipinski definition) is 5. The molecule has 0 atom stereocenters. The molecule has 3 aromatic rings. The van der Waals surface area contributed by atoms with Crippen molar-refractivity contribution in [3.63, 3.8) is 0 Å². The Morgan fingerprint density at radius 2 is 1.82 bits per heavy atom. The molecular formula is C24H26N6O3. The van der Waals surface area contributed by atoms with Crippen LogP contribution >= 0.6 is 0 Å². The average Bonchev–Trinajstić information content (AvgIpc) is 2.82. The molecule has 4 rings (SSSR count). The number of rotatable bonds is 4. The van der Waals surface area contributed by atoms with Crippen LogP contribution in [0.25, 0.3) is 11.4 Å². The van der Waals surface area contributed by atoms with Gasteiger partial charge in [-0.2, -0.15) is 0 Å². The summed E-state index contributed by atoms with van der Waals surface area (Å²) in [4.78, 5) is 52.7. The summed E-state index contributed by atoms with van der Waals surface area (Å²) in [5.74, 6) is 0.272. The molecule has 0 aliphatic carbocycles. The molecule has 0 radical (unpaired) electrons. The number of aromatic amines is 1. The molecule has 33 heavy (non-hydrogen) atoms. The van der Waals surface area contributed by atoms with E-state index in [1.807, 2.05) is 37.3 Å². The van der Waals surface area contributed by atoms with Gasteiger partial charge in [-0.25, -0.2) is 9.78 Å². The Labute approximate surface area is 191 Å². The number of aryl methyl sites for hydroxylation is 2. The van der Waals surface area contributed by atoms with Crippen LogP contribution in [0.4, 0.5) is 10.5 Å². The molecule has 3 amide bonds. The quantitative estimate of drug-likeness (QED) is 0.639. The van der Waals surface area contributed by atoms with E-state index in [0.29, 0.717) is 48.8 Å². The van der Waals surface area contributed by atoms with Crippen LogP contribution in [0.15, 0.2) is 53.6 Å². The van der Waals surface area contributed by atoms with Crippen LogP contribution in [-0.2, 0) is 11.2 Å².